The summed E-state index contributed by atoms with van der Waals surface area (Å²) in [5.41, 5.74) is 0. The van der Waals surface area contributed by atoms with Gasteiger partial charge in [0.15, 0.2) is 0 Å². The van der Waals surface area contributed by atoms with E-state index in [2.05, 4.69) is 41.2 Å². The molecule has 0 aromatic carbocycles. The molecule has 0 unspecified atom stereocenters. The summed E-state index contributed by atoms with van der Waals surface area (Å²) < 4.78 is 0. The van der Waals surface area contributed by atoms with E-state index in [1.807, 2.05) is 0 Å². The topological polar surface area (TPSA) is 46.5 Å². The van der Waals surface area contributed by atoms with E-state index in [0.29, 0.717) is 17.8 Å². The van der Waals surface area contributed by atoms with E-state index in [9.17, 15) is 0 Å². The largest absolute Gasteiger partial charge is 0.332 e. The maximum Gasteiger partial charge on any atom is 0.146 e. The third-order valence-electron chi connectivity index (χ3n) is 7.19. The molecule has 3 fully saturated rings. The normalized spacial score (nSPS) is 29.4. The fraction of sp³-hybridized carbons (Fsp3) is 0.905. The van der Waals surface area contributed by atoms with Crippen molar-refractivity contribution < 1.29 is 0 Å². The van der Waals surface area contributed by atoms with Gasteiger partial charge in [0.25, 0.3) is 0 Å². The monoisotopic (exact) mass is 374 g/mol. The fourth-order valence-corrected chi connectivity index (χ4v) is 5.03. The average molecular weight is 375 g/mol. The third kappa shape index (κ3) is 4.72. The van der Waals surface area contributed by atoms with Gasteiger partial charge >= 0.3 is 0 Å². The average Bonchev–Trinajstić information content (AvgIpc) is 2.69. The van der Waals surface area contributed by atoms with Crippen LogP contribution in [0.1, 0.15) is 38.5 Å². The first-order valence-electron chi connectivity index (χ1n) is 11.1. The van der Waals surface area contributed by atoms with Crippen molar-refractivity contribution in [2.45, 2.75) is 44.7 Å². The van der Waals surface area contributed by atoms with E-state index >= 15 is 0 Å². The lowest BCUT2D eigenvalue weighted by atomic mass is 9.90. The zero-order chi connectivity index (χ0) is 18.8. The van der Waals surface area contributed by atoms with Crippen LogP contribution in [0.3, 0.4) is 0 Å². The second-order valence-corrected chi connectivity index (χ2v) is 9.36. The number of aliphatic imine (C=N–C) groups is 2. The van der Waals surface area contributed by atoms with Crippen LogP contribution in [0.4, 0.5) is 0 Å². The molecule has 4 heterocycles. The molecule has 0 spiro atoms. The highest BCUT2D eigenvalue weighted by Crippen LogP contribution is 2.29. The highest BCUT2D eigenvalue weighted by Gasteiger charge is 2.33. The van der Waals surface area contributed by atoms with E-state index in [0.717, 1.165) is 0 Å². The predicted molar refractivity (Wildman–Crippen MR) is 112 cm³/mol. The number of piperidine rings is 3. The number of rotatable bonds is 3. The Hall–Kier alpha value is -0.980. The molecular weight excluding hydrogens is 336 g/mol. The van der Waals surface area contributed by atoms with Gasteiger partial charge in [0.2, 0.25) is 0 Å². The van der Waals surface area contributed by atoms with E-state index in [1.165, 1.54) is 89.5 Å². The molecule has 152 valence electrons. The van der Waals surface area contributed by atoms with Crippen LogP contribution in [0, 0.1) is 17.8 Å². The lowest BCUT2D eigenvalue weighted by Gasteiger charge is -2.38. The first kappa shape index (κ1) is 19.3. The molecule has 4 aliphatic rings. The molecule has 6 nitrogen and oxygen atoms in total. The van der Waals surface area contributed by atoms with Crippen molar-refractivity contribution in [1.82, 2.24) is 20.0 Å². The van der Waals surface area contributed by atoms with Crippen LogP contribution in [0.2, 0.25) is 0 Å². The summed E-state index contributed by atoms with van der Waals surface area (Å²) >= 11 is 0. The summed E-state index contributed by atoms with van der Waals surface area (Å²) in [6.07, 6.45) is 7.52. The second-order valence-electron chi connectivity index (χ2n) is 9.36. The maximum absolute atomic E-state index is 5.21. The lowest BCUT2D eigenvalue weighted by Crippen LogP contribution is -2.49. The van der Waals surface area contributed by atoms with E-state index in [4.69, 9.17) is 9.98 Å². The Morgan fingerprint density at radius 2 is 1.00 bits per heavy atom. The minimum absolute atomic E-state index is 0.157. The van der Waals surface area contributed by atoms with Crippen molar-refractivity contribution in [2.75, 3.05) is 60.4 Å². The van der Waals surface area contributed by atoms with Gasteiger partial charge in [-0.15, -0.1) is 0 Å². The number of nitrogens with zero attached hydrogens (tertiary/aromatic N) is 5. The molecule has 1 N–H and O–H groups in total. The molecule has 0 bridgehead atoms. The molecular formula is C21H38N6. The molecule has 0 aromatic heterocycles. The van der Waals surface area contributed by atoms with Crippen LogP contribution in [-0.4, -0.2) is 92.9 Å². The highest BCUT2D eigenvalue weighted by molar-refractivity contribution is 6.04. The maximum atomic E-state index is 5.21. The molecule has 0 saturated carbocycles. The van der Waals surface area contributed by atoms with Gasteiger partial charge in [0, 0.05) is 17.8 Å². The van der Waals surface area contributed by atoms with Crippen molar-refractivity contribution in [3.63, 3.8) is 0 Å². The van der Waals surface area contributed by atoms with Gasteiger partial charge in [0.05, 0.1) is 0 Å². The van der Waals surface area contributed by atoms with Crippen LogP contribution < -0.4 is 5.32 Å². The van der Waals surface area contributed by atoms with Gasteiger partial charge in [-0.3, -0.25) is 0 Å². The van der Waals surface area contributed by atoms with Crippen molar-refractivity contribution >= 4 is 11.7 Å². The molecule has 0 radical (unpaired) electrons. The number of hydrogen-bond acceptors (Lipinski definition) is 6. The zero-order valence-corrected chi connectivity index (χ0v) is 17.5. The second kappa shape index (κ2) is 8.58. The molecule has 27 heavy (non-hydrogen) atoms. The molecule has 3 saturated heterocycles. The Bertz CT molecular complexity index is 511. The van der Waals surface area contributed by atoms with Crippen LogP contribution >= 0.6 is 0 Å². The number of nitrogens with one attached hydrogen (secondary N) is 1. The standard InChI is InChI=1S/C21H38N6/c1-25-10-4-16(5-11-25)19-22-20(17-6-12-26(2)13-7-17)24-21(23-19)18-8-14-27(3)15-9-18/h16-19H,4-15H2,1-3H3,(H,22,23,24). The molecule has 6 heteroatoms. The Morgan fingerprint density at radius 1 is 0.630 bits per heavy atom. The Labute approximate surface area is 165 Å². The van der Waals surface area contributed by atoms with E-state index in [-0.39, 0.29) is 6.17 Å². The van der Waals surface area contributed by atoms with Crippen LogP contribution in [0.5, 0.6) is 0 Å². The lowest BCUT2D eigenvalue weighted by molar-refractivity contribution is 0.198. The number of amidine groups is 2. The summed E-state index contributed by atoms with van der Waals surface area (Å²) in [5.74, 6) is 4.32. The Morgan fingerprint density at radius 3 is 1.41 bits per heavy atom. The van der Waals surface area contributed by atoms with Crippen molar-refractivity contribution in [3.8, 4) is 0 Å². The van der Waals surface area contributed by atoms with E-state index < -0.39 is 0 Å². The molecule has 0 amide bonds. The summed E-state index contributed by atoms with van der Waals surface area (Å²) in [5, 5.41) is 3.75. The third-order valence-corrected chi connectivity index (χ3v) is 7.19. The van der Waals surface area contributed by atoms with Gasteiger partial charge in [-0.05, 0) is 98.9 Å². The SMILES string of the molecule is CN1CCC(C2=NC(C3CCN(C)CC3)N=C(C3CCN(C)CC3)N2)CC1. The van der Waals surface area contributed by atoms with Gasteiger partial charge in [-0.25, -0.2) is 9.98 Å². The molecule has 4 aliphatic heterocycles. The molecule has 4 rings (SSSR count). The number of hydrogen-bond donors (Lipinski definition) is 1. The first-order valence-corrected chi connectivity index (χ1v) is 11.1. The van der Waals surface area contributed by atoms with Crippen molar-refractivity contribution in [3.05, 3.63) is 0 Å². The van der Waals surface area contributed by atoms with Crippen LogP contribution in [-0.2, 0) is 0 Å². The minimum Gasteiger partial charge on any atom is -0.332 e. The van der Waals surface area contributed by atoms with Gasteiger partial charge in [-0.1, -0.05) is 0 Å². The Balaban J connectivity index is 1.50. The first-order chi connectivity index (χ1) is 13.1. The number of likely N-dealkylation sites (tertiary alicyclic amines) is 3. The minimum atomic E-state index is 0.157. The summed E-state index contributed by atoms with van der Waals surface area (Å²) in [4.78, 5) is 17.8. The van der Waals surface area contributed by atoms with Crippen molar-refractivity contribution in [1.29, 1.82) is 0 Å². The molecule has 0 aliphatic carbocycles. The molecule has 0 atom stereocenters. The highest BCUT2D eigenvalue weighted by atomic mass is 15.2. The Kier molecular flexibility index (Phi) is 6.15. The fourth-order valence-electron chi connectivity index (χ4n) is 5.03. The van der Waals surface area contributed by atoms with Gasteiger partial charge in [0.1, 0.15) is 17.8 Å². The van der Waals surface area contributed by atoms with Crippen LogP contribution in [0.15, 0.2) is 9.98 Å². The smallest absolute Gasteiger partial charge is 0.146 e. The van der Waals surface area contributed by atoms with Gasteiger partial charge in [-0.2, -0.15) is 0 Å². The zero-order valence-electron chi connectivity index (χ0n) is 17.5. The summed E-state index contributed by atoms with van der Waals surface area (Å²) in [6.45, 7) is 7.12. The van der Waals surface area contributed by atoms with Gasteiger partial charge < -0.3 is 20.0 Å². The summed E-state index contributed by atoms with van der Waals surface area (Å²) in [6, 6.07) is 0. The predicted octanol–water partition coefficient (Wildman–Crippen LogP) is 1.74. The summed E-state index contributed by atoms with van der Waals surface area (Å²) in [7, 11) is 6.71. The van der Waals surface area contributed by atoms with E-state index in [1.54, 1.807) is 0 Å². The van der Waals surface area contributed by atoms with Crippen LogP contribution in [0.25, 0.3) is 0 Å². The molecule has 0 aromatic rings. The van der Waals surface area contributed by atoms with Crippen molar-refractivity contribution in [2.24, 2.45) is 27.7 Å². The quantitative estimate of drug-likeness (QED) is 0.817.